The fraction of sp³-hybridized carbons (Fsp3) is 0.364. The summed E-state index contributed by atoms with van der Waals surface area (Å²) in [7, 11) is 1.47. The fourth-order valence-electron chi connectivity index (χ4n) is 1.04. The maximum absolute atomic E-state index is 12.6. The number of carbonyl (C=O) groups excluding carboxylic acids is 1. The number of nitrogens with one attached hydrogen (secondary N) is 1. The van der Waals surface area contributed by atoms with Crippen LogP contribution in [-0.2, 0) is 16.1 Å². The molecule has 0 saturated carbocycles. The first-order valence-electron chi connectivity index (χ1n) is 4.68. The SMILES string of the molecule is COC(C)C(=O)NCc1ccc(F)cc1. The van der Waals surface area contributed by atoms with Gasteiger partial charge in [0.15, 0.2) is 0 Å². The van der Waals surface area contributed by atoms with Gasteiger partial charge in [-0.15, -0.1) is 0 Å². The lowest BCUT2D eigenvalue weighted by molar-refractivity contribution is -0.130. The lowest BCUT2D eigenvalue weighted by Crippen LogP contribution is -2.33. The van der Waals surface area contributed by atoms with E-state index in [1.54, 1.807) is 19.1 Å². The summed E-state index contributed by atoms with van der Waals surface area (Å²) < 4.78 is 17.4. The third-order valence-corrected chi connectivity index (χ3v) is 2.10. The molecule has 1 N–H and O–H groups in total. The van der Waals surface area contributed by atoms with Crippen LogP contribution in [0.1, 0.15) is 12.5 Å². The Morgan fingerprint density at radius 2 is 2.07 bits per heavy atom. The first-order chi connectivity index (χ1) is 7.13. The van der Waals surface area contributed by atoms with Crippen molar-refractivity contribution in [2.75, 3.05) is 7.11 Å². The van der Waals surface area contributed by atoms with E-state index in [1.165, 1.54) is 19.2 Å². The number of methoxy groups -OCH3 is 1. The lowest BCUT2D eigenvalue weighted by Gasteiger charge is -2.10. The number of ether oxygens (including phenoxy) is 1. The van der Waals surface area contributed by atoms with Gasteiger partial charge in [0.2, 0.25) is 5.91 Å². The number of rotatable bonds is 4. The van der Waals surface area contributed by atoms with E-state index >= 15 is 0 Å². The molecule has 0 fully saturated rings. The van der Waals surface area contributed by atoms with Gasteiger partial charge >= 0.3 is 0 Å². The third-order valence-electron chi connectivity index (χ3n) is 2.10. The molecule has 0 aliphatic carbocycles. The average Bonchev–Trinajstić information content (AvgIpc) is 2.26. The van der Waals surface area contributed by atoms with Crippen molar-refractivity contribution in [1.82, 2.24) is 5.32 Å². The molecule has 0 aliphatic heterocycles. The van der Waals surface area contributed by atoms with E-state index in [9.17, 15) is 9.18 Å². The Morgan fingerprint density at radius 1 is 1.47 bits per heavy atom. The molecule has 82 valence electrons. The van der Waals surface area contributed by atoms with Crippen LogP contribution in [-0.4, -0.2) is 19.1 Å². The normalized spacial score (nSPS) is 12.2. The number of hydrogen-bond donors (Lipinski definition) is 1. The predicted molar refractivity (Wildman–Crippen MR) is 54.7 cm³/mol. The monoisotopic (exact) mass is 211 g/mol. The van der Waals surface area contributed by atoms with Gasteiger partial charge < -0.3 is 10.1 Å². The van der Waals surface area contributed by atoms with Gasteiger partial charge in [-0.3, -0.25) is 4.79 Å². The van der Waals surface area contributed by atoms with E-state index in [1.807, 2.05) is 0 Å². The average molecular weight is 211 g/mol. The first kappa shape index (κ1) is 11.7. The van der Waals surface area contributed by atoms with Crippen molar-refractivity contribution >= 4 is 5.91 Å². The molecule has 15 heavy (non-hydrogen) atoms. The molecule has 4 heteroatoms. The van der Waals surface area contributed by atoms with Crippen LogP contribution in [0.5, 0.6) is 0 Å². The van der Waals surface area contributed by atoms with Gasteiger partial charge in [-0.2, -0.15) is 0 Å². The van der Waals surface area contributed by atoms with Gasteiger partial charge in [-0.25, -0.2) is 4.39 Å². The second-order valence-electron chi connectivity index (χ2n) is 3.22. The smallest absolute Gasteiger partial charge is 0.249 e. The molecule has 1 aromatic rings. The third kappa shape index (κ3) is 3.67. The molecule has 3 nitrogen and oxygen atoms in total. The quantitative estimate of drug-likeness (QED) is 0.819. The van der Waals surface area contributed by atoms with E-state index in [2.05, 4.69) is 5.32 Å². The molecule has 1 atom stereocenters. The van der Waals surface area contributed by atoms with Gasteiger partial charge in [-0.05, 0) is 24.6 Å². The van der Waals surface area contributed by atoms with E-state index in [4.69, 9.17) is 4.74 Å². The Morgan fingerprint density at radius 3 is 2.60 bits per heavy atom. The maximum Gasteiger partial charge on any atom is 0.249 e. The molecule has 1 rings (SSSR count). The number of amides is 1. The van der Waals surface area contributed by atoms with Crippen molar-refractivity contribution in [2.24, 2.45) is 0 Å². The van der Waals surface area contributed by atoms with Crippen molar-refractivity contribution < 1.29 is 13.9 Å². The molecule has 0 aromatic heterocycles. The second kappa shape index (κ2) is 5.46. The minimum atomic E-state index is -0.467. The van der Waals surface area contributed by atoms with Crippen molar-refractivity contribution in [3.63, 3.8) is 0 Å². The van der Waals surface area contributed by atoms with Crippen LogP contribution < -0.4 is 5.32 Å². The summed E-state index contributed by atoms with van der Waals surface area (Å²) in [4.78, 5) is 11.3. The zero-order valence-electron chi connectivity index (χ0n) is 8.79. The molecule has 0 heterocycles. The minimum absolute atomic E-state index is 0.179. The summed E-state index contributed by atoms with van der Waals surface area (Å²) in [5.41, 5.74) is 0.855. The number of halogens is 1. The van der Waals surface area contributed by atoms with Crippen LogP contribution in [0.2, 0.25) is 0 Å². The van der Waals surface area contributed by atoms with E-state index in [0.29, 0.717) is 6.54 Å². The van der Waals surface area contributed by atoms with Crippen LogP contribution in [0.3, 0.4) is 0 Å². The summed E-state index contributed by atoms with van der Waals surface area (Å²) in [6, 6.07) is 5.99. The Kier molecular flexibility index (Phi) is 4.24. The minimum Gasteiger partial charge on any atom is -0.372 e. The summed E-state index contributed by atoms with van der Waals surface area (Å²) in [5.74, 6) is -0.461. The topological polar surface area (TPSA) is 38.3 Å². The van der Waals surface area contributed by atoms with Crippen molar-refractivity contribution in [3.05, 3.63) is 35.6 Å². The van der Waals surface area contributed by atoms with Crippen molar-refractivity contribution in [2.45, 2.75) is 19.6 Å². The van der Waals surface area contributed by atoms with Crippen molar-refractivity contribution in [1.29, 1.82) is 0 Å². The summed E-state index contributed by atoms with van der Waals surface area (Å²) in [6.07, 6.45) is -0.467. The van der Waals surface area contributed by atoms with Crippen LogP contribution >= 0.6 is 0 Å². The highest BCUT2D eigenvalue weighted by Crippen LogP contribution is 2.02. The Bertz CT molecular complexity index is 324. The van der Waals surface area contributed by atoms with Gasteiger partial charge in [0.05, 0.1) is 0 Å². The highest BCUT2D eigenvalue weighted by Gasteiger charge is 2.10. The fourth-order valence-corrected chi connectivity index (χ4v) is 1.04. The van der Waals surface area contributed by atoms with Crippen LogP contribution in [0.15, 0.2) is 24.3 Å². The molecular weight excluding hydrogens is 197 g/mol. The van der Waals surface area contributed by atoms with E-state index in [-0.39, 0.29) is 11.7 Å². The largest absolute Gasteiger partial charge is 0.372 e. The van der Waals surface area contributed by atoms with Crippen LogP contribution in [0.4, 0.5) is 4.39 Å². The lowest BCUT2D eigenvalue weighted by atomic mass is 10.2. The molecule has 0 aliphatic rings. The summed E-state index contributed by atoms with van der Waals surface area (Å²) in [6.45, 7) is 2.05. The molecule has 1 aromatic carbocycles. The second-order valence-corrected chi connectivity index (χ2v) is 3.22. The zero-order chi connectivity index (χ0) is 11.3. The van der Waals surface area contributed by atoms with Crippen molar-refractivity contribution in [3.8, 4) is 0 Å². The zero-order valence-corrected chi connectivity index (χ0v) is 8.79. The highest BCUT2D eigenvalue weighted by atomic mass is 19.1. The molecular formula is C11H14FNO2. The molecule has 1 unspecified atom stereocenters. The first-order valence-corrected chi connectivity index (χ1v) is 4.68. The number of hydrogen-bond acceptors (Lipinski definition) is 2. The standard InChI is InChI=1S/C11H14FNO2/c1-8(15-2)11(14)13-7-9-3-5-10(12)6-4-9/h3-6,8H,7H2,1-2H3,(H,13,14). The van der Waals surface area contributed by atoms with Crippen LogP contribution in [0.25, 0.3) is 0 Å². The summed E-state index contributed by atoms with van der Waals surface area (Å²) in [5, 5.41) is 2.68. The molecule has 0 saturated heterocycles. The Hall–Kier alpha value is -1.42. The Balaban J connectivity index is 2.43. The predicted octanol–water partition coefficient (Wildman–Crippen LogP) is 1.48. The van der Waals surface area contributed by atoms with Gasteiger partial charge in [0.1, 0.15) is 11.9 Å². The van der Waals surface area contributed by atoms with Crippen LogP contribution in [0, 0.1) is 5.82 Å². The molecule has 1 amide bonds. The van der Waals surface area contributed by atoms with E-state index < -0.39 is 6.10 Å². The van der Waals surface area contributed by atoms with E-state index in [0.717, 1.165) is 5.56 Å². The highest BCUT2D eigenvalue weighted by molar-refractivity contribution is 5.80. The number of carbonyl (C=O) groups is 1. The van der Waals surface area contributed by atoms with Gasteiger partial charge in [0.25, 0.3) is 0 Å². The molecule has 0 spiro atoms. The molecule has 0 bridgehead atoms. The summed E-state index contributed by atoms with van der Waals surface area (Å²) >= 11 is 0. The number of benzene rings is 1. The van der Waals surface area contributed by atoms with Gasteiger partial charge in [0, 0.05) is 13.7 Å². The maximum atomic E-state index is 12.6. The van der Waals surface area contributed by atoms with Gasteiger partial charge in [-0.1, -0.05) is 12.1 Å². The molecule has 0 radical (unpaired) electrons. The Labute approximate surface area is 88.2 Å².